The van der Waals surface area contributed by atoms with Crippen LogP contribution in [0.4, 0.5) is 0 Å². The van der Waals surface area contributed by atoms with E-state index >= 15 is 0 Å². The zero-order valence-corrected chi connectivity index (χ0v) is 19.4. The number of hydrogen-bond donors (Lipinski definition) is 0. The van der Waals surface area contributed by atoms with Gasteiger partial charge in [0.1, 0.15) is 15.9 Å². The molecule has 0 aliphatic rings. The topological polar surface area (TPSA) is 0 Å². The Morgan fingerprint density at radius 3 is 1.57 bits per heavy atom. The fourth-order valence-electron chi connectivity index (χ4n) is 4.31. The van der Waals surface area contributed by atoms with Gasteiger partial charge in [-0.15, -0.1) is 11.3 Å². The van der Waals surface area contributed by atoms with E-state index in [1.54, 1.807) is 10.2 Å². The second-order valence-electron chi connectivity index (χ2n) is 7.74. The van der Waals surface area contributed by atoms with Crippen LogP contribution >= 0.6 is 18.6 Å². The van der Waals surface area contributed by atoms with Crippen LogP contribution in [0.2, 0.25) is 0 Å². The number of unbranched alkanes of at least 4 members (excludes halogenated alkanes) is 3. The molecule has 0 saturated heterocycles. The Kier molecular flexibility index (Phi) is 7.16. The molecular formula is C28H30PS+. The minimum absolute atomic E-state index is 1.17. The first kappa shape index (κ1) is 21.0. The van der Waals surface area contributed by atoms with Crippen LogP contribution in [0.25, 0.3) is 0 Å². The molecule has 1 heterocycles. The molecule has 152 valence electrons. The van der Waals surface area contributed by atoms with E-state index in [0.717, 1.165) is 0 Å². The molecule has 0 atom stereocenters. The highest BCUT2D eigenvalue weighted by molar-refractivity contribution is 8.04. The van der Waals surface area contributed by atoms with E-state index in [4.69, 9.17) is 0 Å². The van der Waals surface area contributed by atoms with E-state index < -0.39 is 7.26 Å². The molecule has 0 saturated carbocycles. The molecule has 0 nitrogen and oxygen atoms in total. The molecule has 0 unspecified atom stereocenters. The predicted octanol–water partition coefficient (Wildman–Crippen LogP) is 6.49. The SMILES string of the molecule is CCCCCCc1ccsc1[P+](c1ccccc1)(c1ccccc1)c1ccccc1. The lowest BCUT2D eigenvalue weighted by molar-refractivity contribution is 0.668. The summed E-state index contributed by atoms with van der Waals surface area (Å²) in [5, 5.41) is 6.65. The summed E-state index contributed by atoms with van der Waals surface area (Å²) in [4.78, 5) is 0. The largest absolute Gasteiger partial charge is 0.165 e. The lowest BCUT2D eigenvalue weighted by Gasteiger charge is -2.27. The van der Waals surface area contributed by atoms with Crippen molar-refractivity contribution in [3.63, 3.8) is 0 Å². The summed E-state index contributed by atoms with van der Waals surface area (Å²) in [5.41, 5.74) is 1.54. The minimum Gasteiger partial charge on any atom is -0.106 e. The second-order valence-corrected chi connectivity index (χ2v) is 12.3. The van der Waals surface area contributed by atoms with E-state index in [0.29, 0.717) is 0 Å². The maximum Gasteiger partial charge on any atom is 0.165 e. The van der Waals surface area contributed by atoms with Gasteiger partial charge in [-0.25, -0.2) is 0 Å². The third-order valence-electron chi connectivity index (χ3n) is 5.76. The molecule has 0 fully saturated rings. The van der Waals surface area contributed by atoms with Gasteiger partial charge in [0.15, 0.2) is 11.9 Å². The van der Waals surface area contributed by atoms with Crippen LogP contribution in [0.3, 0.4) is 0 Å². The highest BCUT2D eigenvalue weighted by Crippen LogP contribution is 2.56. The van der Waals surface area contributed by atoms with Crippen LogP contribution in [-0.2, 0) is 6.42 Å². The van der Waals surface area contributed by atoms with Crippen molar-refractivity contribution in [2.45, 2.75) is 39.0 Å². The summed E-state index contributed by atoms with van der Waals surface area (Å²) in [7, 11) is -1.93. The molecular weight excluding hydrogens is 399 g/mol. The van der Waals surface area contributed by atoms with E-state index in [2.05, 4.69) is 109 Å². The van der Waals surface area contributed by atoms with Crippen molar-refractivity contribution < 1.29 is 0 Å². The van der Waals surface area contributed by atoms with Gasteiger partial charge in [-0.2, -0.15) is 0 Å². The second kappa shape index (κ2) is 10.2. The number of hydrogen-bond acceptors (Lipinski definition) is 1. The maximum absolute atomic E-state index is 2.38. The standard InChI is InChI=1S/C28H30PS/c1-2-3-4-8-15-24-22-23-30-28(24)29(25-16-9-5-10-17-25,26-18-11-6-12-19-26)27-20-13-7-14-21-27/h5-7,9-14,16-23H,2-4,8,15H2,1H3/q+1. The predicted molar refractivity (Wildman–Crippen MR) is 137 cm³/mol. The van der Waals surface area contributed by atoms with E-state index in [1.807, 2.05) is 11.3 Å². The number of benzene rings is 3. The molecule has 0 spiro atoms. The Morgan fingerprint density at radius 2 is 1.10 bits per heavy atom. The Balaban J connectivity index is 1.94. The molecule has 0 aliphatic carbocycles. The number of aryl methyl sites for hydroxylation is 1. The molecule has 2 heteroatoms. The molecule has 0 amide bonds. The van der Waals surface area contributed by atoms with Crippen LogP contribution in [-0.4, -0.2) is 0 Å². The van der Waals surface area contributed by atoms with E-state index in [-0.39, 0.29) is 0 Å². The smallest absolute Gasteiger partial charge is 0.106 e. The third kappa shape index (κ3) is 4.15. The molecule has 30 heavy (non-hydrogen) atoms. The Bertz CT molecular complexity index is 925. The lowest BCUT2D eigenvalue weighted by Crippen LogP contribution is -2.38. The molecule has 0 N–H and O–H groups in total. The van der Waals surface area contributed by atoms with E-state index in [9.17, 15) is 0 Å². The summed E-state index contributed by atoms with van der Waals surface area (Å²) in [6.07, 6.45) is 6.38. The highest BCUT2D eigenvalue weighted by Gasteiger charge is 2.50. The monoisotopic (exact) mass is 429 g/mol. The molecule has 1 aromatic heterocycles. The van der Waals surface area contributed by atoms with Crippen LogP contribution in [0.15, 0.2) is 102 Å². The first-order chi connectivity index (χ1) is 14.9. The summed E-state index contributed by atoms with van der Waals surface area (Å²) in [6.45, 7) is 2.28. The number of thiophene rings is 1. The van der Waals surface area contributed by atoms with Crippen molar-refractivity contribution in [3.8, 4) is 0 Å². The van der Waals surface area contributed by atoms with Crippen molar-refractivity contribution in [2.75, 3.05) is 0 Å². The van der Waals surface area contributed by atoms with Crippen molar-refractivity contribution in [1.29, 1.82) is 0 Å². The zero-order valence-electron chi connectivity index (χ0n) is 17.7. The fraction of sp³-hybridized carbons (Fsp3) is 0.214. The van der Waals surface area contributed by atoms with Gasteiger partial charge in [-0.3, -0.25) is 0 Å². The Morgan fingerprint density at radius 1 is 0.600 bits per heavy atom. The molecule has 4 aromatic rings. The average molecular weight is 430 g/mol. The van der Waals surface area contributed by atoms with Gasteiger partial charge in [-0.1, -0.05) is 80.8 Å². The van der Waals surface area contributed by atoms with Crippen LogP contribution in [0.5, 0.6) is 0 Å². The highest BCUT2D eigenvalue weighted by atomic mass is 32.1. The summed E-state index contributed by atoms with van der Waals surface area (Å²) in [6, 6.07) is 36.0. The molecule has 4 rings (SSSR count). The van der Waals surface area contributed by atoms with Crippen LogP contribution < -0.4 is 20.5 Å². The van der Waals surface area contributed by atoms with Gasteiger partial charge >= 0.3 is 0 Å². The quantitative estimate of drug-likeness (QED) is 0.211. The van der Waals surface area contributed by atoms with Gasteiger partial charge in [0, 0.05) is 5.56 Å². The van der Waals surface area contributed by atoms with Gasteiger partial charge in [0.2, 0.25) is 0 Å². The molecule has 0 radical (unpaired) electrons. The first-order valence-corrected chi connectivity index (χ1v) is 13.7. The summed E-state index contributed by atoms with van der Waals surface area (Å²) in [5.74, 6) is 0. The normalized spacial score (nSPS) is 11.5. The Hall–Kier alpha value is -2.21. The average Bonchev–Trinajstić information content (AvgIpc) is 3.28. The molecule has 0 aliphatic heterocycles. The van der Waals surface area contributed by atoms with E-state index in [1.165, 1.54) is 48.0 Å². The van der Waals surface area contributed by atoms with Crippen molar-refractivity contribution in [3.05, 3.63) is 108 Å². The molecule has 0 bridgehead atoms. The maximum atomic E-state index is 2.38. The van der Waals surface area contributed by atoms with Crippen molar-refractivity contribution in [2.24, 2.45) is 0 Å². The fourth-order valence-corrected chi connectivity index (χ4v) is 10.8. The van der Waals surface area contributed by atoms with Gasteiger partial charge in [-0.05, 0) is 60.7 Å². The zero-order chi connectivity index (χ0) is 20.7. The van der Waals surface area contributed by atoms with Crippen LogP contribution in [0.1, 0.15) is 38.2 Å². The first-order valence-electron chi connectivity index (χ1n) is 11.0. The number of rotatable bonds is 9. The lowest BCUT2D eigenvalue weighted by atomic mass is 10.1. The summed E-state index contributed by atoms with van der Waals surface area (Å²) < 4.78 is 1.57. The summed E-state index contributed by atoms with van der Waals surface area (Å²) >= 11 is 1.95. The van der Waals surface area contributed by atoms with Crippen molar-refractivity contribution >= 4 is 39.1 Å². The molecule has 3 aromatic carbocycles. The van der Waals surface area contributed by atoms with Gasteiger partial charge in [0.25, 0.3) is 0 Å². The Labute approximate surface area is 186 Å². The van der Waals surface area contributed by atoms with Crippen molar-refractivity contribution in [1.82, 2.24) is 0 Å². The van der Waals surface area contributed by atoms with Gasteiger partial charge < -0.3 is 0 Å². The minimum atomic E-state index is -1.93. The van der Waals surface area contributed by atoms with Crippen LogP contribution in [0, 0.1) is 0 Å². The van der Waals surface area contributed by atoms with Gasteiger partial charge in [0.05, 0.1) is 0 Å². The third-order valence-corrected chi connectivity index (χ3v) is 11.8.